The summed E-state index contributed by atoms with van der Waals surface area (Å²) in [6.07, 6.45) is 6.66. The minimum atomic E-state index is 0.0277. The van der Waals surface area contributed by atoms with E-state index >= 15 is 0 Å². The van der Waals surface area contributed by atoms with Crippen LogP contribution in [0.3, 0.4) is 0 Å². The molecule has 0 saturated carbocycles. The van der Waals surface area contributed by atoms with Crippen LogP contribution in [-0.4, -0.2) is 77.3 Å². The van der Waals surface area contributed by atoms with Crippen molar-refractivity contribution in [2.75, 3.05) is 45.9 Å². The number of rotatable bonds is 9. The molecule has 2 fully saturated rings. The molecule has 0 aliphatic carbocycles. The fourth-order valence-corrected chi connectivity index (χ4v) is 8.07. The first-order chi connectivity index (χ1) is 21.0. The van der Waals surface area contributed by atoms with Gasteiger partial charge < -0.3 is 20.1 Å². The molecule has 4 heterocycles. The van der Waals surface area contributed by atoms with Gasteiger partial charge in [0, 0.05) is 73.7 Å². The molecule has 2 saturated heterocycles. The Balaban J connectivity index is 1.11. The van der Waals surface area contributed by atoms with Crippen LogP contribution >= 0.6 is 11.3 Å². The predicted octanol–water partition coefficient (Wildman–Crippen LogP) is 4.91. The highest BCUT2D eigenvalue weighted by Gasteiger charge is 2.37. The first-order valence-electron chi connectivity index (χ1n) is 15.6. The van der Waals surface area contributed by atoms with Gasteiger partial charge in [-0.25, -0.2) is 4.98 Å². The number of hydrogen-bond acceptors (Lipinski definition) is 8. The number of β-amino-alcohol motifs (C(OH)–C–C–N with tert-alkyl or cyclic N) is 1. The zero-order valence-electron chi connectivity index (χ0n) is 25.0. The molecular formula is C34H41N5O3S. The molecule has 0 radical (unpaired) electrons. The van der Waals surface area contributed by atoms with Crippen molar-refractivity contribution < 1.29 is 14.6 Å². The van der Waals surface area contributed by atoms with Crippen molar-refractivity contribution in [1.82, 2.24) is 20.1 Å². The lowest BCUT2D eigenvalue weighted by atomic mass is 9.80. The van der Waals surface area contributed by atoms with Crippen molar-refractivity contribution in [2.45, 2.75) is 64.0 Å². The third-order valence-corrected chi connectivity index (χ3v) is 10.5. The molecule has 3 aromatic rings. The highest BCUT2D eigenvalue weighted by molar-refractivity contribution is 7.15. The van der Waals surface area contributed by atoms with E-state index in [0.717, 1.165) is 110 Å². The lowest BCUT2D eigenvalue weighted by Gasteiger charge is -2.44. The highest BCUT2D eigenvalue weighted by atomic mass is 32.1. The quantitative estimate of drug-likeness (QED) is 0.337. The van der Waals surface area contributed by atoms with Crippen LogP contribution in [0, 0.1) is 18.3 Å². The third kappa shape index (κ3) is 6.48. The summed E-state index contributed by atoms with van der Waals surface area (Å²) in [4.78, 5) is 22.8. The van der Waals surface area contributed by atoms with Crippen LogP contribution in [-0.2, 0) is 17.8 Å². The number of nitriles is 1. The molecule has 43 heavy (non-hydrogen) atoms. The number of nitrogens with one attached hydrogen (secondary N) is 1. The van der Waals surface area contributed by atoms with Gasteiger partial charge in [-0.2, -0.15) is 5.26 Å². The lowest BCUT2D eigenvalue weighted by molar-refractivity contribution is -0.126. The van der Waals surface area contributed by atoms with Gasteiger partial charge in [0.05, 0.1) is 24.5 Å². The van der Waals surface area contributed by atoms with E-state index in [1.807, 2.05) is 30.3 Å². The topological polar surface area (TPSA) is 102 Å². The maximum Gasteiger partial charge on any atom is 0.220 e. The van der Waals surface area contributed by atoms with Gasteiger partial charge in [-0.15, -0.1) is 11.3 Å². The standard InChI is InChI=1S/C34H41N5O3S/c1-24-25(6-3-9-30(24)42-21-5-15-38-17-13-34(14-18-38)12-4-10-32(41)37-34)26-7-2-8-27(28(26)22-35)33-36-29-11-16-39(19-20-40)23-31(29)43-33/h2-3,6-9,40H,4-5,10-21,23H2,1H3,(H,37,41). The average molecular weight is 600 g/mol. The molecule has 1 aromatic heterocycles. The fourth-order valence-electron chi connectivity index (χ4n) is 6.89. The van der Waals surface area contributed by atoms with Crippen LogP contribution in [0.25, 0.3) is 21.7 Å². The van der Waals surface area contributed by atoms with Crippen LogP contribution < -0.4 is 10.1 Å². The molecule has 2 N–H and O–H groups in total. The number of piperidine rings is 2. The SMILES string of the molecule is Cc1c(OCCCN2CCC3(CCCC(=O)N3)CC2)cccc1-c1cccc(-c2nc3c(s2)CN(CCO)CC3)c1C#N. The second kappa shape index (κ2) is 13.1. The maximum atomic E-state index is 11.9. The molecule has 0 unspecified atom stereocenters. The van der Waals surface area contributed by atoms with Gasteiger partial charge in [0.25, 0.3) is 0 Å². The van der Waals surface area contributed by atoms with Crippen LogP contribution in [0.15, 0.2) is 36.4 Å². The number of hydrogen-bond donors (Lipinski definition) is 2. The number of thiazole rings is 1. The van der Waals surface area contributed by atoms with Gasteiger partial charge in [-0.3, -0.25) is 9.69 Å². The number of fused-ring (bicyclic) bond motifs is 1. The van der Waals surface area contributed by atoms with Crippen LogP contribution in [0.2, 0.25) is 0 Å². The first kappa shape index (κ1) is 29.8. The van der Waals surface area contributed by atoms with Crippen molar-refractivity contribution in [3.05, 3.63) is 58.1 Å². The third-order valence-electron chi connectivity index (χ3n) is 9.36. The number of ether oxygens (including phenoxy) is 1. The Morgan fingerprint density at radius 1 is 1.05 bits per heavy atom. The summed E-state index contributed by atoms with van der Waals surface area (Å²) in [6, 6.07) is 14.6. The van der Waals surface area contributed by atoms with Gasteiger partial charge in [0.1, 0.15) is 16.8 Å². The average Bonchev–Trinajstić information content (AvgIpc) is 3.44. The molecule has 1 spiro atoms. The summed E-state index contributed by atoms with van der Waals surface area (Å²) in [5, 5.41) is 23.8. The minimum absolute atomic E-state index is 0.0277. The molecule has 0 bridgehead atoms. The number of aliphatic hydroxyl groups is 1. The van der Waals surface area contributed by atoms with E-state index in [0.29, 0.717) is 25.1 Å². The van der Waals surface area contributed by atoms with E-state index in [1.54, 1.807) is 11.3 Å². The fraction of sp³-hybridized carbons (Fsp3) is 0.500. The second-order valence-electron chi connectivity index (χ2n) is 12.1. The van der Waals surface area contributed by atoms with Gasteiger partial charge in [0.2, 0.25) is 5.91 Å². The smallest absolute Gasteiger partial charge is 0.220 e. The predicted molar refractivity (Wildman–Crippen MR) is 169 cm³/mol. The van der Waals surface area contributed by atoms with E-state index < -0.39 is 0 Å². The first-order valence-corrected chi connectivity index (χ1v) is 16.4. The largest absolute Gasteiger partial charge is 0.493 e. The Morgan fingerprint density at radius 2 is 1.84 bits per heavy atom. The van der Waals surface area contributed by atoms with Crippen molar-refractivity contribution in [3.63, 3.8) is 0 Å². The Morgan fingerprint density at radius 3 is 2.63 bits per heavy atom. The molecule has 1 amide bonds. The minimum Gasteiger partial charge on any atom is -0.493 e. The Hall–Kier alpha value is -3.29. The van der Waals surface area contributed by atoms with Gasteiger partial charge in [-0.1, -0.05) is 30.3 Å². The van der Waals surface area contributed by atoms with E-state index in [9.17, 15) is 15.2 Å². The molecule has 9 heteroatoms. The van der Waals surface area contributed by atoms with E-state index in [-0.39, 0.29) is 18.1 Å². The Labute approximate surface area is 258 Å². The summed E-state index contributed by atoms with van der Waals surface area (Å²) >= 11 is 1.66. The number of nitrogens with zero attached hydrogens (tertiary/aromatic N) is 4. The van der Waals surface area contributed by atoms with E-state index in [2.05, 4.69) is 34.2 Å². The maximum absolute atomic E-state index is 11.9. The lowest BCUT2D eigenvalue weighted by Crippen LogP contribution is -2.57. The van der Waals surface area contributed by atoms with Crippen LogP contribution in [0.5, 0.6) is 5.75 Å². The number of aromatic nitrogens is 1. The van der Waals surface area contributed by atoms with Crippen molar-refractivity contribution in [1.29, 1.82) is 5.26 Å². The monoisotopic (exact) mass is 599 g/mol. The second-order valence-corrected chi connectivity index (χ2v) is 13.2. The zero-order valence-corrected chi connectivity index (χ0v) is 25.8. The molecular weight excluding hydrogens is 558 g/mol. The summed E-state index contributed by atoms with van der Waals surface area (Å²) in [7, 11) is 0. The number of amides is 1. The van der Waals surface area contributed by atoms with Crippen LogP contribution in [0.1, 0.15) is 60.2 Å². The van der Waals surface area contributed by atoms with Gasteiger partial charge >= 0.3 is 0 Å². The number of aliphatic hydroxyl groups excluding tert-OH is 1. The number of likely N-dealkylation sites (tertiary alicyclic amines) is 1. The number of carbonyl (C=O) groups excluding carboxylic acids is 1. The summed E-state index contributed by atoms with van der Waals surface area (Å²) in [6.45, 7) is 8.24. The molecule has 8 nitrogen and oxygen atoms in total. The molecule has 0 atom stereocenters. The number of carbonyl (C=O) groups is 1. The molecule has 2 aromatic carbocycles. The van der Waals surface area contributed by atoms with Gasteiger partial charge in [0.15, 0.2) is 0 Å². The van der Waals surface area contributed by atoms with Crippen molar-refractivity contribution in [2.24, 2.45) is 0 Å². The highest BCUT2D eigenvalue weighted by Crippen LogP contribution is 2.39. The summed E-state index contributed by atoms with van der Waals surface area (Å²) < 4.78 is 6.29. The Kier molecular flexibility index (Phi) is 9.10. The molecule has 226 valence electrons. The molecule has 3 aliphatic rings. The van der Waals surface area contributed by atoms with E-state index in [4.69, 9.17) is 9.72 Å². The number of benzene rings is 2. The normalized spacial score (nSPS) is 18.7. The summed E-state index contributed by atoms with van der Waals surface area (Å²) in [5.74, 6) is 1.07. The van der Waals surface area contributed by atoms with Crippen molar-refractivity contribution >= 4 is 17.2 Å². The molecule has 6 rings (SSSR count). The van der Waals surface area contributed by atoms with E-state index in [1.165, 1.54) is 4.88 Å². The van der Waals surface area contributed by atoms with Gasteiger partial charge in [-0.05, 0) is 56.2 Å². The van der Waals surface area contributed by atoms with Crippen molar-refractivity contribution in [3.8, 4) is 33.5 Å². The zero-order chi connectivity index (χ0) is 29.8. The Bertz CT molecular complexity index is 1500. The van der Waals surface area contributed by atoms with Crippen LogP contribution in [0.4, 0.5) is 0 Å². The summed E-state index contributed by atoms with van der Waals surface area (Å²) in [5.41, 5.74) is 5.58. The molecule has 3 aliphatic heterocycles.